The number of rotatable bonds is 8. The van der Waals surface area contributed by atoms with Gasteiger partial charge in [0.25, 0.3) is 0 Å². The van der Waals surface area contributed by atoms with E-state index in [1.807, 2.05) is 46.2 Å². The first-order valence-corrected chi connectivity index (χ1v) is 12.9. The van der Waals surface area contributed by atoms with Crippen molar-refractivity contribution < 1.29 is 23.6 Å². The lowest BCUT2D eigenvalue weighted by atomic mass is 9.99. The van der Waals surface area contributed by atoms with Crippen LogP contribution in [0.1, 0.15) is 67.4 Å². The predicted octanol–water partition coefficient (Wildman–Crippen LogP) is 6.96. The first-order valence-electron chi connectivity index (χ1n) is 12.9. The van der Waals surface area contributed by atoms with Gasteiger partial charge in [0, 0.05) is 40.5 Å². The van der Waals surface area contributed by atoms with Gasteiger partial charge in [-0.15, -0.1) is 0 Å². The minimum Gasteiger partial charge on any atom is -0.490 e. The molecule has 192 valence electrons. The van der Waals surface area contributed by atoms with Crippen LogP contribution in [-0.4, -0.2) is 31.9 Å². The van der Waals surface area contributed by atoms with Crippen LogP contribution in [0.3, 0.4) is 0 Å². The number of halogens is 1. The molecular formula is C29H30FN3O4. The molecule has 1 aromatic carbocycles. The quantitative estimate of drug-likeness (QED) is 0.279. The molecule has 37 heavy (non-hydrogen) atoms. The van der Waals surface area contributed by atoms with Gasteiger partial charge >= 0.3 is 5.97 Å². The number of carbonyl (C=O) groups is 1. The summed E-state index contributed by atoms with van der Waals surface area (Å²) in [6, 6.07) is 4.82. The lowest BCUT2D eigenvalue weighted by molar-refractivity contribution is 0.0695. The molecule has 6 rings (SSSR count). The van der Waals surface area contributed by atoms with Gasteiger partial charge < -0.3 is 18.9 Å². The molecular weight excluding hydrogens is 473 g/mol. The Balaban J connectivity index is 1.63. The number of hydrogen-bond acceptors (Lipinski definition) is 5. The topological polar surface area (TPSA) is 90.4 Å². The largest absolute Gasteiger partial charge is 0.490 e. The number of carboxylic acids is 1. The van der Waals surface area contributed by atoms with Crippen LogP contribution in [0.2, 0.25) is 0 Å². The summed E-state index contributed by atoms with van der Waals surface area (Å²) in [6.07, 6.45) is 8.34. The third kappa shape index (κ3) is 4.18. The number of hydrogen-bond donors (Lipinski definition) is 1. The Kier molecular flexibility index (Phi) is 5.58. The minimum atomic E-state index is -1.20. The Bertz CT molecular complexity index is 1500. The standard InChI is InChI=1S/C29H30FN3O4/c1-14(2)36-24-11-19(29(34)35)10-23(30)26(24)22-13-33(27(17-5-6-17)18-7-8-18)28-21(22)9-20(12-31-28)25-15(3)32-37-16(25)4/h9-14,17-18,27H,5-8H2,1-4H3,(H,34,35). The van der Waals surface area contributed by atoms with E-state index < -0.39 is 11.8 Å². The first-order chi connectivity index (χ1) is 17.7. The molecule has 1 N–H and O–H groups in total. The lowest BCUT2D eigenvalue weighted by Crippen LogP contribution is -2.13. The van der Waals surface area contributed by atoms with Crippen molar-refractivity contribution in [1.29, 1.82) is 0 Å². The van der Waals surface area contributed by atoms with E-state index in [1.54, 1.807) is 0 Å². The van der Waals surface area contributed by atoms with Gasteiger partial charge in [0.05, 0.1) is 22.9 Å². The van der Waals surface area contributed by atoms with Gasteiger partial charge in [0.2, 0.25) is 0 Å². The van der Waals surface area contributed by atoms with Crippen molar-refractivity contribution in [3.8, 4) is 28.0 Å². The summed E-state index contributed by atoms with van der Waals surface area (Å²) in [5, 5.41) is 14.4. The zero-order valence-corrected chi connectivity index (χ0v) is 21.4. The van der Waals surface area contributed by atoms with E-state index in [4.69, 9.17) is 14.2 Å². The third-order valence-corrected chi connectivity index (χ3v) is 7.46. The molecule has 7 nitrogen and oxygen atoms in total. The maximum Gasteiger partial charge on any atom is 0.335 e. The number of fused-ring (bicyclic) bond motifs is 1. The van der Waals surface area contributed by atoms with Crippen LogP contribution < -0.4 is 4.74 Å². The smallest absolute Gasteiger partial charge is 0.335 e. The third-order valence-electron chi connectivity index (χ3n) is 7.46. The Labute approximate surface area is 214 Å². The number of pyridine rings is 1. The number of benzene rings is 1. The average molecular weight is 504 g/mol. The van der Waals surface area contributed by atoms with E-state index in [9.17, 15) is 9.90 Å². The fourth-order valence-electron chi connectivity index (χ4n) is 5.62. The van der Waals surface area contributed by atoms with Gasteiger partial charge in [-0.3, -0.25) is 0 Å². The van der Waals surface area contributed by atoms with Crippen molar-refractivity contribution in [3.63, 3.8) is 0 Å². The fraction of sp³-hybridized carbons (Fsp3) is 0.414. The highest BCUT2D eigenvalue weighted by Gasteiger charge is 2.43. The summed E-state index contributed by atoms with van der Waals surface area (Å²) in [5.41, 5.74) is 4.02. The molecule has 2 fully saturated rings. The lowest BCUT2D eigenvalue weighted by Gasteiger charge is -2.19. The molecule has 4 aromatic rings. The molecule has 2 aliphatic carbocycles. The predicted molar refractivity (Wildman–Crippen MR) is 137 cm³/mol. The number of aryl methyl sites for hydroxylation is 2. The average Bonchev–Trinajstić information content (AvgIpc) is 3.77. The van der Waals surface area contributed by atoms with Crippen molar-refractivity contribution in [1.82, 2.24) is 14.7 Å². The van der Waals surface area contributed by atoms with E-state index >= 15 is 4.39 Å². The number of carboxylic acid groups (broad SMARTS) is 1. The molecule has 3 aromatic heterocycles. The minimum absolute atomic E-state index is 0.149. The molecule has 3 heterocycles. The van der Waals surface area contributed by atoms with Gasteiger partial charge in [0.15, 0.2) is 0 Å². The molecule has 0 aliphatic heterocycles. The normalized spacial score (nSPS) is 15.8. The summed E-state index contributed by atoms with van der Waals surface area (Å²) < 4.78 is 29.4. The second-order valence-corrected chi connectivity index (χ2v) is 10.7. The maximum atomic E-state index is 15.8. The van der Waals surface area contributed by atoms with Gasteiger partial charge in [-0.25, -0.2) is 14.2 Å². The second kappa shape index (κ2) is 8.71. The summed E-state index contributed by atoms with van der Waals surface area (Å²) in [6.45, 7) is 7.43. The van der Waals surface area contributed by atoms with Crippen LogP contribution in [0, 0.1) is 31.5 Å². The van der Waals surface area contributed by atoms with Gasteiger partial charge in [0.1, 0.15) is 23.0 Å². The van der Waals surface area contributed by atoms with E-state index in [0.717, 1.165) is 33.9 Å². The van der Waals surface area contributed by atoms with Crippen LogP contribution in [0.4, 0.5) is 4.39 Å². The fourth-order valence-corrected chi connectivity index (χ4v) is 5.62. The van der Waals surface area contributed by atoms with E-state index in [0.29, 0.717) is 29.2 Å². The van der Waals surface area contributed by atoms with Crippen molar-refractivity contribution in [2.75, 3.05) is 0 Å². The van der Waals surface area contributed by atoms with Crippen LogP contribution in [0.25, 0.3) is 33.3 Å². The summed E-state index contributed by atoms with van der Waals surface area (Å²) >= 11 is 0. The Hall–Kier alpha value is -3.68. The number of ether oxygens (including phenoxy) is 1. The molecule has 0 bridgehead atoms. The van der Waals surface area contributed by atoms with E-state index in [1.165, 1.54) is 31.7 Å². The number of aromatic carboxylic acids is 1. The molecule has 0 atom stereocenters. The highest BCUT2D eigenvalue weighted by atomic mass is 19.1. The number of aromatic nitrogens is 3. The monoisotopic (exact) mass is 503 g/mol. The van der Waals surface area contributed by atoms with Crippen molar-refractivity contribution >= 4 is 17.0 Å². The molecule has 8 heteroatoms. The summed E-state index contributed by atoms with van der Waals surface area (Å²) in [4.78, 5) is 16.6. The second-order valence-electron chi connectivity index (χ2n) is 10.7. The SMILES string of the molecule is Cc1noc(C)c1-c1cnc2c(c1)c(-c1c(F)cc(C(=O)O)cc1OC(C)C)cn2C(C1CC1)C1CC1. The Morgan fingerprint density at radius 3 is 2.41 bits per heavy atom. The van der Waals surface area contributed by atoms with Crippen molar-refractivity contribution in [2.45, 2.75) is 65.5 Å². The Morgan fingerprint density at radius 2 is 1.84 bits per heavy atom. The zero-order chi connectivity index (χ0) is 26.0. The van der Waals surface area contributed by atoms with Gasteiger partial charge in [-0.05, 0) is 83.4 Å². The molecule has 0 saturated heterocycles. The molecule has 0 amide bonds. The Morgan fingerprint density at radius 1 is 1.14 bits per heavy atom. The zero-order valence-electron chi connectivity index (χ0n) is 21.4. The van der Waals surface area contributed by atoms with Crippen molar-refractivity contribution in [2.24, 2.45) is 11.8 Å². The van der Waals surface area contributed by atoms with Crippen molar-refractivity contribution in [3.05, 3.63) is 53.4 Å². The molecule has 0 radical (unpaired) electrons. The highest BCUT2D eigenvalue weighted by molar-refractivity contribution is 5.99. The van der Waals surface area contributed by atoms with Gasteiger partial charge in [-0.1, -0.05) is 5.16 Å². The van der Waals surface area contributed by atoms with Crippen LogP contribution in [0.5, 0.6) is 5.75 Å². The van der Waals surface area contributed by atoms with Crippen LogP contribution in [-0.2, 0) is 0 Å². The summed E-state index contributed by atoms with van der Waals surface area (Å²) in [5.74, 6) is 0.271. The van der Waals surface area contributed by atoms with Crippen LogP contribution in [0.15, 0.2) is 35.1 Å². The van der Waals surface area contributed by atoms with E-state index in [-0.39, 0.29) is 23.0 Å². The maximum absolute atomic E-state index is 15.8. The molecule has 2 saturated carbocycles. The molecule has 2 aliphatic rings. The highest BCUT2D eigenvalue weighted by Crippen LogP contribution is 2.54. The van der Waals surface area contributed by atoms with Gasteiger partial charge in [-0.2, -0.15) is 0 Å². The number of nitrogens with zero attached hydrogens (tertiary/aromatic N) is 3. The first kappa shape index (κ1) is 23.7. The summed E-state index contributed by atoms with van der Waals surface area (Å²) in [7, 11) is 0. The molecule has 0 unspecified atom stereocenters. The molecule has 0 spiro atoms. The van der Waals surface area contributed by atoms with Crippen LogP contribution >= 0.6 is 0 Å². The van der Waals surface area contributed by atoms with E-state index in [2.05, 4.69) is 9.72 Å².